The van der Waals surface area contributed by atoms with Crippen molar-refractivity contribution in [3.63, 3.8) is 0 Å². The maximum Gasteiger partial charge on any atom is 0.242 e. The minimum absolute atomic E-state index is 0.0788. The standard InChI is InChI=1S/C12H16ClNO3S/c1-4-18(16,17)14(8-12(13)15)11-7-5-6-9(2)10(11)3/h5-7H,4,8H2,1-3H3. The second-order valence-corrected chi connectivity index (χ2v) is 6.58. The third-order valence-electron chi connectivity index (χ3n) is 2.81. The molecule has 0 heterocycles. The topological polar surface area (TPSA) is 54.5 Å². The Morgan fingerprint density at radius 1 is 1.33 bits per heavy atom. The first-order valence-electron chi connectivity index (χ1n) is 5.54. The molecule has 0 spiro atoms. The van der Waals surface area contributed by atoms with Gasteiger partial charge in [-0.15, -0.1) is 0 Å². The van der Waals surface area contributed by atoms with E-state index in [1.54, 1.807) is 12.1 Å². The average Bonchev–Trinajstić information content (AvgIpc) is 2.30. The summed E-state index contributed by atoms with van der Waals surface area (Å²) >= 11 is 5.33. The third kappa shape index (κ3) is 3.23. The van der Waals surface area contributed by atoms with E-state index in [4.69, 9.17) is 11.6 Å². The molecule has 0 radical (unpaired) electrons. The first-order valence-corrected chi connectivity index (χ1v) is 7.53. The largest absolute Gasteiger partial charge is 0.279 e. The lowest BCUT2D eigenvalue weighted by atomic mass is 10.1. The summed E-state index contributed by atoms with van der Waals surface area (Å²) in [6, 6.07) is 5.32. The van der Waals surface area contributed by atoms with Crippen LogP contribution in [0.2, 0.25) is 0 Å². The normalized spacial score (nSPS) is 11.3. The van der Waals surface area contributed by atoms with Gasteiger partial charge in [-0.2, -0.15) is 0 Å². The van der Waals surface area contributed by atoms with Gasteiger partial charge in [0.25, 0.3) is 0 Å². The zero-order valence-corrected chi connectivity index (χ0v) is 12.2. The Hall–Kier alpha value is -1.07. The Labute approximate surface area is 113 Å². The number of halogens is 1. The second kappa shape index (κ2) is 5.71. The number of carbonyl (C=O) groups is 1. The van der Waals surface area contributed by atoms with E-state index < -0.39 is 15.3 Å². The number of nitrogens with zero attached hydrogens (tertiary/aromatic N) is 1. The molecular weight excluding hydrogens is 274 g/mol. The molecule has 1 aromatic rings. The van der Waals surface area contributed by atoms with Gasteiger partial charge in [0.15, 0.2) is 0 Å². The van der Waals surface area contributed by atoms with Crippen molar-refractivity contribution in [2.24, 2.45) is 0 Å². The first-order chi connectivity index (χ1) is 8.29. The summed E-state index contributed by atoms with van der Waals surface area (Å²) in [4.78, 5) is 11.0. The SMILES string of the molecule is CCS(=O)(=O)N(CC(=O)Cl)c1cccc(C)c1C. The van der Waals surface area contributed by atoms with Crippen molar-refractivity contribution in [2.75, 3.05) is 16.6 Å². The molecular formula is C12H16ClNO3S. The molecule has 0 aliphatic rings. The molecule has 6 heteroatoms. The first kappa shape index (κ1) is 15.0. The highest BCUT2D eigenvalue weighted by Gasteiger charge is 2.24. The van der Waals surface area contributed by atoms with Crippen molar-refractivity contribution in [2.45, 2.75) is 20.8 Å². The quantitative estimate of drug-likeness (QED) is 0.781. The van der Waals surface area contributed by atoms with Crippen LogP contribution in [0.3, 0.4) is 0 Å². The number of aryl methyl sites for hydroxylation is 1. The van der Waals surface area contributed by atoms with E-state index in [0.29, 0.717) is 5.69 Å². The molecule has 0 saturated heterocycles. The van der Waals surface area contributed by atoms with Crippen molar-refractivity contribution in [3.05, 3.63) is 29.3 Å². The van der Waals surface area contributed by atoms with Crippen molar-refractivity contribution < 1.29 is 13.2 Å². The molecule has 0 N–H and O–H groups in total. The Balaban J connectivity index is 3.35. The van der Waals surface area contributed by atoms with Gasteiger partial charge in [-0.05, 0) is 49.6 Å². The molecule has 0 saturated carbocycles. The van der Waals surface area contributed by atoms with Crippen LogP contribution in [0.15, 0.2) is 18.2 Å². The average molecular weight is 290 g/mol. The van der Waals surface area contributed by atoms with Gasteiger partial charge in [0, 0.05) is 0 Å². The molecule has 0 unspecified atom stereocenters. The van der Waals surface area contributed by atoms with Gasteiger partial charge < -0.3 is 0 Å². The molecule has 100 valence electrons. The maximum absolute atomic E-state index is 12.0. The summed E-state index contributed by atoms with van der Waals surface area (Å²) in [6.45, 7) is 4.90. The van der Waals surface area contributed by atoms with E-state index in [0.717, 1.165) is 15.4 Å². The number of carbonyl (C=O) groups excluding carboxylic acids is 1. The van der Waals surface area contributed by atoms with Crippen LogP contribution in [0.4, 0.5) is 5.69 Å². The van der Waals surface area contributed by atoms with Gasteiger partial charge in [-0.3, -0.25) is 9.10 Å². The van der Waals surface area contributed by atoms with Gasteiger partial charge in [-0.1, -0.05) is 12.1 Å². The van der Waals surface area contributed by atoms with Gasteiger partial charge in [0.1, 0.15) is 6.54 Å². The van der Waals surface area contributed by atoms with E-state index >= 15 is 0 Å². The monoisotopic (exact) mass is 289 g/mol. The van der Waals surface area contributed by atoms with Crippen LogP contribution < -0.4 is 4.31 Å². The molecule has 0 fully saturated rings. The maximum atomic E-state index is 12.0. The molecule has 0 aliphatic heterocycles. The zero-order valence-electron chi connectivity index (χ0n) is 10.6. The second-order valence-electron chi connectivity index (χ2n) is 3.98. The summed E-state index contributed by atoms with van der Waals surface area (Å²) in [6.07, 6.45) is 0. The van der Waals surface area contributed by atoms with Crippen LogP contribution in [0, 0.1) is 13.8 Å². The highest BCUT2D eigenvalue weighted by molar-refractivity contribution is 7.92. The Kier molecular flexibility index (Phi) is 4.76. The van der Waals surface area contributed by atoms with Gasteiger partial charge >= 0.3 is 0 Å². The summed E-state index contributed by atoms with van der Waals surface area (Å²) in [5.74, 6) is -0.0788. The van der Waals surface area contributed by atoms with Crippen LogP contribution >= 0.6 is 11.6 Å². The lowest BCUT2D eigenvalue weighted by Gasteiger charge is -2.24. The van der Waals surface area contributed by atoms with Crippen LogP contribution in [-0.4, -0.2) is 26.0 Å². The summed E-state index contributed by atoms with van der Waals surface area (Å²) in [7, 11) is -3.52. The predicted molar refractivity (Wildman–Crippen MR) is 73.6 cm³/mol. The highest BCUT2D eigenvalue weighted by atomic mass is 35.5. The zero-order chi connectivity index (χ0) is 13.9. The lowest BCUT2D eigenvalue weighted by Crippen LogP contribution is -2.36. The van der Waals surface area contributed by atoms with Crippen LogP contribution in [-0.2, 0) is 14.8 Å². The van der Waals surface area contributed by atoms with Crippen molar-refractivity contribution in [3.8, 4) is 0 Å². The molecule has 18 heavy (non-hydrogen) atoms. The Morgan fingerprint density at radius 2 is 1.94 bits per heavy atom. The number of benzene rings is 1. The van der Waals surface area contributed by atoms with Crippen LogP contribution in [0.5, 0.6) is 0 Å². The molecule has 0 aliphatic carbocycles. The van der Waals surface area contributed by atoms with Crippen molar-refractivity contribution in [1.82, 2.24) is 0 Å². The smallest absolute Gasteiger partial charge is 0.242 e. The molecule has 4 nitrogen and oxygen atoms in total. The number of sulfonamides is 1. The molecule has 0 amide bonds. The lowest BCUT2D eigenvalue weighted by molar-refractivity contribution is -0.110. The van der Waals surface area contributed by atoms with Crippen LogP contribution in [0.1, 0.15) is 18.1 Å². The Bertz CT molecular complexity index is 554. The number of hydrogen-bond acceptors (Lipinski definition) is 3. The van der Waals surface area contributed by atoms with E-state index in [1.165, 1.54) is 6.92 Å². The fraction of sp³-hybridized carbons (Fsp3) is 0.417. The number of anilines is 1. The van der Waals surface area contributed by atoms with Gasteiger partial charge in [0.2, 0.25) is 15.3 Å². The fourth-order valence-electron chi connectivity index (χ4n) is 1.61. The van der Waals surface area contributed by atoms with Crippen molar-refractivity contribution >= 4 is 32.6 Å². The summed E-state index contributed by atoms with van der Waals surface area (Å²) < 4.78 is 25.1. The molecule has 0 atom stereocenters. The van der Waals surface area contributed by atoms with Gasteiger partial charge in [-0.25, -0.2) is 8.42 Å². The molecule has 1 aromatic carbocycles. The predicted octanol–water partition coefficient (Wildman–Crippen LogP) is 2.22. The third-order valence-corrected chi connectivity index (χ3v) is 4.66. The van der Waals surface area contributed by atoms with Crippen molar-refractivity contribution in [1.29, 1.82) is 0 Å². The van der Waals surface area contributed by atoms with E-state index in [-0.39, 0.29) is 12.3 Å². The van der Waals surface area contributed by atoms with Crippen LogP contribution in [0.25, 0.3) is 0 Å². The Morgan fingerprint density at radius 3 is 2.44 bits per heavy atom. The highest BCUT2D eigenvalue weighted by Crippen LogP contribution is 2.25. The molecule has 0 bridgehead atoms. The number of hydrogen-bond donors (Lipinski definition) is 0. The number of rotatable bonds is 5. The van der Waals surface area contributed by atoms with E-state index in [1.807, 2.05) is 19.9 Å². The minimum atomic E-state index is -3.52. The minimum Gasteiger partial charge on any atom is -0.279 e. The summed E-state index contributed by atoms with van der Waals surface area (Å²) in [5.41, 5.74) is 2.30. The van der Waals surface area contributed by atoms with Gasteiger partial charge in [0.05, 0.1) is 11.4 Å². The summed E-state index contributed by atoms with van der Waals surface area (Å²) in [5, 5.41) is -0.701. The van der Waals surface area contributed by atoms with E-state index in [2.05, 4.69) is 0 Å². The molecule has 0 aromatic heterocycles. The fourth-order valence-corrected chi connectivity index (χ4v) is 2.92. The van der Waals surface area contributed by atoms with E-state index in [9.17, 15) is 13.2 Å². The molecule has 1 rings (SSSR count).